The van der Waals surface area contributed by atoms with Crippen molar-refractivity contribution in [3.05, 3.63) is 65.6 Å². The quantitative estimate of drug-likeness (QED) is 0.507. The molecule has 0 saturated carbocycles. The first kappa shape index (κ1) is 25.9. The molecule has 10 heteroatoms. The molecule has 2 aromatic carbocycles. The van der Waals surface area contributed by atoms with E-state index >= 15 is 0 Å². The lowest BCUT2D eigenvalue weighted by molar-refractivity contribution is 0.151. The Morgan fingerprint density at radius 1 is 1.19 bits per heavy atom. The normalized spacial score (nSPS) is 12.6. The van der Waals surface area contributed by atoms with E-state index in [2.05, 4.69) is 0 Å². The van der Waals surface area contributed by atoms with Crippen LogP contribution in [0.2, 0.25) is 0 Å². The summed E-state index contributed by atoms with van der Waals surface area (Å²) in [6, 6.07) is 10.5. The molecule has 0 aliphatic rings. The van der Waals surface area contributed by atoms with Gasteiger partial charge >= 0.3 is 0 Å². The van der Waals surface area contributed by atoms with Crippen molar-refractivity contribution >= 4 is 33.3 Å². The Morgan fingerprint density at radius 3 is 2.47 bits per heavy atom. The summed E-state index contributed by atoms with van der Waals surface area (Å²) in [5.41, 5.74) is 7.54. The molecule has 0 bridgehead atoms. The second kappa shape index (κ2) is 10.1. The van der Waals surface area contributed by atoms with Crippen LogP contribution in [-0.4, -0.2) is 37.9 Å². The first-order valence-electron chi connectivity index (χ1n) is 9.56. The van der Waals surface area contributed by atoms with E-state index in [0.717, 1.165) is 4.31 Å². The maximum absolute atomic E-state index is 14.3. The summed E-state index contributed by atoms with van der Waals surface area (Å²) < 4.78 is 69.0. The molecule has 32 heavy (non-hydrogen) atoms. The van der Waals surface area contributed by atoms with Crippen LogP contribution in [0.3, 0.4) is 0 Å². The van der Waals surface area contributed by atoms with Crippen molar-refractivity contribution in [2.24, 2.45) is 5.73 Å². The van der Waals surface area contributed by atoms with Crippen molar-refractivity contribution in [2.45, 2.75) is 24.8 Å². The average Bonchev–Trinajstić information content (AvgIpc) is 2.99. The molecule has 3 aromatic rings. The van der Waals surface area contributed by atoms with Crippen molar-refractivity contribution in [1.82, 2.24) is 8.87 Å². The molecule has 3 rings (SSSR count). The van der Waals surface area contributed by atoms with Crippen LogP contribution in [0.25, 0.3) is 22.0 Å². The molecule has 1 aromatic heterocycles. The van der Waals surface area contributed by atoms with Gasteiger partial charge in [-0.2, -0.15) is 0 Å². The van der Waals surface area contributed by atoms with Gasteiger partial charge in [0.2, 0.25) is 10.0 Å². The van der Waals surface area contributed by atoms with Gasteiger partial charge < -0.3 is 10.3 Å². The van der Waals surface area contributed by atoms with Crippen LogP contribution in [0, 0.1) is 6.92 Å². The molecule has 0 saturated heterocycles. The Morgan fingerprint density at radius 2 is 1.88 bits per heavy atom. The Hall–Kier alpha value is -2.33. The number of nitrogens with two attached hydrogens (primary N) is 1. The number of aromatic nitrogens is 1. The van der Waals surface area contributed by atoms with Gasteiger partial charge in [0.25, 0.3) is 6.43 Å². The van der Waals surface area contributed by atoms with Crippen LogP contribution in [-0.2, 0) is 16.6 Å². The molecule has 1 heterocycles. The predicted octanol–water partition coefficient (Wildman–Crippen LogP) is 5.04. The smallest absolute Gasteiger partial charge is 0.263 e. The van der Waals surface area contributed by atoms with Gasteiger partial charge in [-0.05, 0) is 42.8 Å². The highest BCUT2D eigenvalue weighted by Crippen LogP contribution is 2.38. The van der Waals surface area contributed by atoms with Gasteiger partial charge in [-0.15, -0.1) is 12.4 Å². The summed E-state index contributed by atoms with van der Waals surface area (Å²) in [5.74, 6) is -0.448. The standard InChI is InChI=1S/C22H24F3N3O2S.ClH/c1-14-21(15-5-4-6-18(11-15)31(29,30)27(2)3)19-12-16(22(24)25)7-8-20(19)28(14)13-17(23)9-10-26;/h4-9,11-12,22H,10,13,26H2,1-3H3;1H/b17-9-;. The van der Waals surface area contributed by atoms with Gasteiger partial charge in [-0.3, -0.25) is 0 Å². The molecule has 5 nitrogen and oxygen atoms in total. The Labute approximate surface area is 191 Å². The summed E-state index contributed by atoms with van der Waals surface area (Å²) >= 11 is 0. The fourth-order valence-corrected chi connectivity index (χ4v) is 4.52. The lowest BCUT2D eigenvalue weighted by Gasteiger charge is -2.13. The molecule has 0 unspecified atom stereocenters. The van der Waals surface area contributed by atoms with Crippen molar-refractivity contribution in [3.8, 4) is 11.1 Å². The van der Waals surface area contributed by atoms with Crippen molar-refractivity contribution in [3.63, 3.8) is 0 Å². The van der Waals surface area contributed by atoms with E-state index in [4.69, 9.17) is 5.73 Å². The van der Waals surface area contributed by atoms with E-state index in [0.29, 0.717) is 27.7 Å². The minimum absolute atomic E-state index is 0. The number of nitrogens with zero attached hydrogens (tertiary/aromatic N) is 2. The van der Waals surface area contributed by atoms with E-state index in [9.17, 15) is 21.6 Å². The van der Waals surface area contributed by atoms with E-state index in [1.807, 2.05) is 0 Å². The van der Waals surface area contributed by atoms with Gasteiger partial charge in [0.1, 0.15) is 5.83 Å². The number of benzene rings is 2. The monoisotopic (exact) mass is 487 g/mol. The largest absolute Gasteiger partial charge is 0.337 e. The number of alkyl halides is 2. The van der Waals surface area contributed by atoms with Crippen LogP contribution >= 0.6 is 12.4 Å². The molecule has 2 N–H and O–H groups in total. The number of rotatable bonds is 7. The highest BCUT2D eigenvalue weighted by molar-refractivity contribution is 7.89. The highest BCUT2D eigenvalue weighted by Gasteiger charge is 2.22. The number of hydrogen-bond donors (Lipinski definition) is 1. The molecule has 0 atom stereocenters. The van der Waals surface area contributed by atoms with E-state index in [1.165, 1.54) is 50.5 Å². The second-order valence-corrected chi connectivity index (χ2v) is 9.48. The molecule has 0 aliphatic heterocycles. The third-order valence-corrected chi connectivity index (χ3v) is 6.96. The van der Waals surface area contributed by atoms with Crippen molar-refractivity contribution in [2.75, 3.05) is 20.6 Å². The third kappa shape index (κ3) is 4.85. The van der Waals surface area contributed by atoms with Crippen LogP contribution in [0.15, 0.2) is 59.3 Å². The summed E-state index contributed by atoms with van der Waals surface area (Å²) in [6.07, 6.45) is -1.42. The Balaban J connectivity index is 0.00000363. The topological polar surface area (TPSA) is 68.3 Å². The van der Waals surface area contributed by atoms with E-state index in [1.54, 1.807) is 23.6 Å². The van der Waals surface area contributed by atoms with Gasteiger partial charge in [0, 0.05) is 48.4 Å². The van der Waals surface area contributed by atoms with E-state index in [-0.39, 0.29) is 36.0 Å². The van der Waals surface area contributed by atoms with E-state index < -0.39 is 22.3 Å². The van der Waals surface area contributed by atoms with Crippen LogP contribution in [0.1, 0.15) is 17.7 Å². The zero-order valence-electron chi connectivity index (χ0n) is 17.8. The number of halogens is 4. The fourth-order valence-electron chi connectivity index (χ4n) is 3.57. The highest BCUT2D eigenvalue weighted by atomic mass is 35.5. The summed E-state index contributed by atoms with van der Waals surface area (Å²) in [6.45, 7) is 1.68. The molecule has 0 aliphatic carbocycles. The first-order chi connectivity index (χ1) is 14.6. The maximum atomic E-state index is 14.3. The SMILES string of the molecule is Cc1c(-c2cccc(S(=O)(=O)N(C)C)c2)c2cc(C(F)F)ccc2n1C/C(F)=C/CN.Cl. The molecule has 174 valence electrons. The van der Waals surface area contributed by atoms with Gasteiger partial charge in [0.05, 0.1) is 11.4 Å². The van der Waals surface area contributed by atoms with Gasteiger partial charge in [-0.1, -0.05) is 18.2 Å². The zero-order valence-corrected chi connectivity index (χ0v) is 19.5. The number of sulfonamides is 1. The summed E-state index contributed by atoms with van der Waals surface area (Å²) in [5, 5.41) is 0.496. The zero-order chi connectivity index (χ0) is 22.9. The van der Waals surface area contributed by atoms with Crippen LogP contribution in [0.5, 0.6) is 0 Å². The lowest BCUT2D eigenvalue weighted by atomic mass is 10.0. The lowest BCUT2D eigenvalue weighted by Crippen LogP contribution is -2.22. The number of hydrogen-bond acceptors (Lipinski definition) is 3. The molecule has 0 spiro atoms. The molecular weight excluding hydrogens is 463 g/mol. The minimum Gasteiger partial charge on any atom is -0.337 e. The van der Waals surface area contributed by atoms with Crippen molar-refractivity contribution < 1.29 is 21.6 Å². The number of fused-ring (bicyclic) bond motifs is 1. The summed E-state index contributed by atoms with van der Waals surface area (Å²) in [7, 11) is -0.829. The van der Waals surface area contributed by atoms with Crippen molar-refractivity contribution in [1.29, 1.82) is 0 Å². The van der Waals surface area contributed by atoms with Gasteiger partial charge in [0.15, 0.2) is 0 Å². The Bertz CT molecular complexity index is 1250. The minimum atomic E-state index is -3.69. The van der Waals surface area contributed by atoms with Crippen LogP contribution < -0.4 is 5.73 Å². The molecular formula is C22H25ClF3N3O2S. The molecule has 0 radical (unpaired) electrons. The first-order valence-corrected chi connectivity index (χ1v) is 11.0. The van der Waals surface area contributed by atoms with Gasteiger partial charge in [-0.25, -0.2) is 25.9 Å². The predicted molar refractivity (Wildman–Crippen MR) is 123 cm³/mol. The Kier molecular flexibility index (Phi) is 8.17. The fraction of sp³-hybridized carbons (Fsp3) is 0.273. The molecule has 0 amide bonds. The second-order valence-electron chi connectivity index (χ2n) is 7.33. The average molecular weight is 488 g/mol. The third-order valence-electron chi connectivity index (χ3n) is 5.15. The molecule has 0 fully saturated rings. The maximum Gasteiger partial charge on any atom is 0.263 e. The number of allylic oxidation sites excluding steroid dienone is 1. The van der Waals surface area contributed by atoms with Crippen LogP contribution in [0.4, 0.5) is 13.2 Å². The summed E-state index contributed by atoms with van der Waals surface area (Å²) in [4.78, 5) is 0.0783.